The Hall–Kier alpha value is -4.01. The largest absolute Gasteiger partial charge is 0.366 e. The second-order valence-electron chi connectivity index (χ2n) is 8.71. The van der Waals surface area contributed by atoms with Crippen LogP contribution in [0.5, 0.6) is 0 Å². The summed E-state index contributed by atoms with van der Waals surface area (Å²) in [5, 5.41) is 8.90. The molecule has 0 saturated carbocycles. The van der Waals surface area contributed by atoms with Gasteiger partial charge in [0.05, 0.1) is 11.4 Å². The van der Waals surface area contributed by atoms with E-state index < -0.39 is 0 Å². The molecule has 5 rings (SSSR count). The van der Waals surface area contributed by atoms with Gasteiger partial charge in [0, 0.05) is 31.7 Å². The molecular formula is C26H27FN6O2. The number of aromatic nitrogens is 4. The number of benzene rings is 2. The van der Waals surface area contributed by atoms with Gasteiger partial charge in [-0.3, -0.25) is 9.59 Å². The first-order chi connectivity index (χ1) is 16.9. The molecule has 1 aliphatic rings. The number of aryl methyl sites for hydroxylation is 2. The molecule has 0 aliphatic carbocycles. The Balaban J connectivity index is 1.33. The fourth-order valence-corrected chi connectivity index (χ4v) is 4.47. The first-order valence-corrected chi connectivity index (χ1v) is 11.8. The van der Waals surface area contributed by atoms with Crippen molar-refractivity contribution in [2.45, 2.75) is 26.8 Å². The summed E-state index contributed by atoms with van der Waals surface area (Å²) in [6, 6.07) is 16.5. The fraction of sp³-hybridized carbons (Fsp3) is 0.308. The van der Waals surface area contributed by atoms with E-state index in [1.807, 2.05) is 29.2 Å². The second-order valence-corrected chi connectivity index (χ2v) is 8.71. The van der Waals surface area contributed by atoms with E-state index >= 15 is 0 Å². The van der Waals surface area contributed by atoms with Gasteiger partial charge in [0.2, 0.25) is 5.91 Å². The van der Waals surface area contributed by atoms with Crippen molar-refractivity contribution in [2.24, 2.45) is 0 Å². The molecule has 2 aromatic heterocycles. The van der Waals surface area contributed by atoms with Crippen LogP contribution in [0.25, 0.3) is 16.8 Å². The van der Waals surface area contributed by atoms with E-state index in [0.717, 1.165) is 12.0 Å². The highest BCUT2D eigenvalue weighted by Gasteiger charge is 2.24. The van der Waals surface area contributed by atoms with Gasteiger partial charge < -0.3 is 9.80 Å². The van der Waals surface area contributed by atoms with Crippen LogP contribution in [0.4, 0.5) is 10.1 Å². The average Bonchev–Trinajstić information content (AvgIpc) is 3.34. The topological polar surface area (TPSA) is 75.7 Å². The zero-order chi connectivity index (χ0) is 24.5. The van der Waals surface area contributed by atoms with Crippen LogP contribution in [0.15, 0.2) is 59.4 Å². The molecule has 3 heterocycles. The van der Waals surface area contributed by atoms with Crippen LogP contribution in [-0.4, -0.2) is 56.4 Å². The monoisotopic (exact) mass is 474 g/mol. The number of carbonyl (C=O) groups is 1. The van der Waals surface area contributed by atoms with E-state index in [-0.39, 0.29) is 23.8 Å². The van der Waals surface area contributed by atoms with Gasteiger partial charge in [0.1, 0.15) is 23.7 Å². The van der Waals surface area contributed by atoms with Crippen LogP contribution in [0, 0.1) is 12.7 Å². The van der Waals surface area contributed by atoms with Gasteiger partial charge in [-0.05, 0) is 37.1 Å². The molecule has 0 N–H and O–H groups in total. The van der Waals surface area contributed by atoms with Crippen molar-refractivity contribution in [3.8, 4) is 11.3 Å². The molecule has 4 aromatic rings. The zero-order valence-corrected chi connectivity index (χ0v) is 19.8. The highest BCUT2D eigenvalue weighted by Crippen LogP contribution is 2.21. The van der Waals surface area contributed by atoms with Crippen molar-refractivity contribution in [2.75, 3.05) is 31.1 Å². The van der Waals surface area contributed by atoms with Crippen LogP contribution < -0.4 is 10.5 Å². The van der Waals surface area contributed by atoms with Gasteiger partial charge in [0.25, 0.3) is 5.56 Å². The molecule has 0 bridgehead atoms. The Morgan fingerprint density at radius 1 is 1.00 bits per heavy atom. The molecule has 0 atom stereocenters. The van der Waals surface area contributed by atoms with Gasteiger partial charge in [0.15, 0.2) is 0 Å². The number of para-hydroxylation sites is 1. The maximum atomic E-state index is 14.1. The third-order valence-corrected chi connectivity index (χ3v) is 6.50. The van der Waals surface area contributed by atoms with Gasteiger partial charge in [-0.2, -0.15) is 10.2 Å². The smallest absolute Gasteiger partial charge is 0.293 e. The molecule has 2 aromatic carbocycles. The van der Waals surface area contributed by atoms with Gasteiger partial charge in [-0.1, -0.05) is 43.3 Å². The number of anilines is 1. The summed E-state index contributed by atoms with van der Waals surface area (Å²) in [6.45, 7) is 5.66. The lowest BCUT2D eigenvalue weighted by atomic mass is 10.1. The second kappa shape index (κ2) is 9.32. The molecule has 0 radical (unpaired) electrons. The maximum Gasteiger partial charge on any atom is 0.293 e. The summed E-state index contributed by atoms with van der Waals surface area (Å²) in [7, 11) is 0. The molecule has 8 nitrogen and oxygen atoms in total. The van der Waals surface area contributed by atoms with Crippen molar-refractivity contribution >= 4 is 17.1 Å². The molecule has 180 valence electrons. The molecular weight excluding hydrogens is 447 g/mol. The zero-order valence-electron chi connectivity index (χ0n) is 19.8. The summed E-state index contributed by atoms with van der Waals surface area (Å²) < 4.78 is 16.8. The molecule has 1 amide bonds. The Labute approximate surface area is 202 Å². The maximum absolute atomic E-state index is 14.1. The minimum absolute atomic E-state index is 0.151. The number of amides is 1. The lowest BCUT2D eigenvalue weighted by Gasteiger charge is -2.36. The summed E-state index contributed by atoms with van der Waals surface area (Å²) in [4.78, 5) is 29.7. The third kappa shape index (κ3) is 4.41. The number of halogens is 1. The third-order valence-electron chi connectivity index (χ3n) is 6.50. The van der Waals surface area contributed by atoms with Crippen molar-refractivity contribution in [1.29, 1.82) is 0 Å². The molecule has 0 unspecified atom stereocenters. The number of hydrogen-bond acceptors (Lipinski definition) is 5. The van der Waals surface area contributed by atoms with Crippen LogP contribution in [0.2, 0.25) is 0 Å². The Kier molecular flexibility index (Phi) is 6.07. The minimum Gasteiger partial charge on any atom is -0.366 e. The average molecular weight is 475 g/mol. The van der Waals surface area contributed by atoms with Crippen LogP contribution >= 0.6 is 0 Å². The first kappa shape index (κ1) is 22.8. The van der Waals surface area contributed by atoms with E-state index in [2.05, 4.69) is 17.1 Å². The molecule has 9 heteroatoms. The number of nitrogens with zero attached hydrogens (tertiary/aromatic N) is 6. The van der Waals surface area contributed by atoms with E-state index in [0.29, 0.717) is 48.9 Å². The van der Waals surface area contributed by atoms with E-state index in [1.165, 1.54) is 20.8 Å². The summed E-state index contributed by atoms with van der Waals surface area (Å²) >= 11 is 0. The fourth-order valence-electron chi connectivity index (χ4n) is 4.47. The van der Waals surface area contributed by atoms with Crippen LogP contribution in [-0.2, 0) is 17.8 Å². The summed E-state index contributed by atoms with van der Waals surface area (Å²) in [6.07, 6.45) is 0.950. The standard InChI is InChI=1S/C26H27FN6O2/c1-3-19-8-10-20(11-9-19)22-16-24-26(35)32(28-18(2)33(24)29-22)17-25(34)31-14-12-30(13-15-31)23-7-5-4-6-21(23)27/h4-11,16H,3,12-15,17H2,1-2H3. The van der Waals surface area contributed by atoms with Gasteiger partial charge >= 0.3 is 0 Å². The van der Waals surface area contributed by atoms with Crippen molar-refractivity contribution < 1.29 is 9.18 Å². The Morgan fingerprint density at radius 3 is 2.40 bits per heavy atom. The predicted octanol–water partition coefficient (Wildman–Crippen LogP) is 2.92. The van der Waals surface area contributed by atoms with E-state index in [1.54, 1.807) is 36.1 Å². The summed E-state index contributed by atoms with van der Waals surface area (Å²) in [5.41, 5.74) is 3.38. The normalized spacial score (nSPS) is 14.0. The number of rotatable bonds is 5. The molecule has 1 fully saturated rings. The Morgan fingerprint density at radius 2 is 1.71 bits per heavy atom. The lowest BCUT2D eigenvalue weighted by molar-refractivity contribution is -0.132. The molecule has 35 heavy (non-hydrogen) atoms. The van der Waals surface area contributed by atoms with Crippen molar-refractivity contribution in [3.05, 3.63) is 82.2 Å². The molecule has 0 spiro atoms. The molecule has 1 aliphatic heterocycles. The molecule has 1 saturated heterocycles. The van der Waals surface area contributed by atoms with E-state index in [4.69, 9.17) is 0 Å². The minimum atomic E-state index is -0.363. The first-order valence-electron chi connectivity index (χ1n) is 11.8. The lowest BCUT2D eigenvalue weighted by Crippen LogP contribution is -2.50. The number of piperazine rings is 1. The number of fused-ring (bicyclic) bond motifs is 1. The predicted molar refractivity (Wildman–Crippen MR) is 132 cm³/mol. The highest BCUT2D eigenvalue weighted by molar-refractivity contribution is 5.76. The van der Waals surface area contributed by atoms with Gasteiger partial charge in [-0.15, -0.1) is 0 Å². The summed E-state index contributed by atoms with van der Waals surface area (Å²) in [5.74, 6) is 0.0629. The SMILES string of the molecule is CCc1ccc(-c2cc3c(=O)n(CC(=O)N4CCN(c5ccccc5F)CC4)nc(C)n3n2)cc1. The number of carbonyl (C=O) groups excluding carboxylic acids is 1. The van der Waals surface area contributed by atoms with Crippen molar-refractivity contribution in [1.82, 2.24) is 24.3 Å². The van der Waals surface area contributed by atoms with Gasteiger partial charge in [-0.25, -0.2) is 13.6 Å². The quantitative estimate of drug-likeness (QED) is 0.445. The van der Waals surface area contributed by atoms with Crippen molar-refractivity contribution in [3.63, 3.8) is 0 Å². The van der Waals surface area contributed by atoms with E-state index in [9.17, 15) is 14.0 Å². The number of hydrogen-bond donors (Lipinski definition) is 0. The highest BCUT2D eigenvalue weighted by atomic mass is 19.1. The Bertz CT molecular complexity index is 1430. The van der Waals surface area contributed by atoms with Crippen LogP contribution in [0.1, 0.15) is 18.3 Å². The van der Waals surface area contributed by atoms with Crippen LogP contribution in [0.3, 0.4) is 0 Å².